The fourth-order valence-electron chi connectivity index (χ4n) is 2.96. The summed E-state index contributed by atoms with van der Waals surface area (Å²) in [6, 6.07) is 8.32. The van der Waals surface area contributed by atoms with Crippen molar-refractivity contribution in [2.45, 2.75) is 36.3 Å². The smallest absolute Gasteiger partial charge is 0.241 e. The zero-order valence-electron chi connectivity index (χ0n) is 12.0. The first kappa shape index (κ1) is 14.0. The molecule has 0 unspecified atom stereocenters. The number of thioether (sulfide) groups is 1. The van der Waals surface area contributed by atoms with Crippen LogP contribution < -0.4 is 4.90 Å². The van der Waals surface area contributed by atoms with E-state index in [9.17, 15) is 4.79 Å². The van der Waals surface area contributed by atoms with Gasteiger partial charge < -0.3 is 4.90 Å². The minimum Gasteiger partial charge on any atom is -0.310 e. The molecule has 1 aromatic carbocycles. The molecule has 3 nitrogen and oxygen atoms in total. The van der Waals surface area contributed by atoms with Crippen LogP contribution >= 0.6 is 11.8 Å². The van der Waals surface area contributed by atoms with Crippen molar-refractivity contribution in [2.24, 2.45) is 0 Å². The van der Waals surface area contributed by atoms with Gasteiger partial charge in [-0.1, -0.05) is 19.1 Å². The van der Waals surface area contributed by atoms with Crippen LogP contribution in [0.3, 0.4) is 0 Å². The Bertz CT molecular complexity index is 485. The SMILES string of the molecule is C[C@H]1CCN(C(=O)CN2CCCC2)c2ccccc2S1. The van der Waals surface area contributed by atoms with Crippen LogP contribution in [0.25, 0.3) is 0 Å². The fraction of sp³-hybridized carbons (Fsp3) is 0.562. The van der Waals surface area contributed by atoms with Gasteiger partial charge in [0.1, 0.15) is 0 Å². The van der Waals surface area contributed by atoms with E-state index in [2.05, 4.69) is 30.0 Å². The van der Waals surface area contributed by atoms with Crippen LogP contribution in [0.2, 0.25) is 0 Å². The summed E-state index contributed by atoms with van der Waals surface area (Å²) in [6.45, 7) is 5.82. The molecule has 0 aliphatic carbocycles. The average molecular weight is 290 g/mol. The molecule has 0 aromatic heterocycles. The summed E-state index contributed by atoms with van der Waals surface area (Å²) < 4.78 is 0. The first-order chi connectivity index (χ1) is 9.74. The first-order valence-electron chi connectivity index (χ1n) is 7.52. The number of rotatable bonds is 2. The maximum absolute atomic E-state index is 12.7. The highest BCUT2D eigenvalue weighted by molar-refractivity contribution is 8.00. The lowest BCUT2D eigenvalue weighted by molar-refractivity contribution is -0.119. The number of amides is 1. The first-order valence-corrected chi connectivity index (χ1v) is 8.40. The van der Waals surface area contributed by atoms with Crippen molar-refractivity contribution in [3.8, 4) is 0 Å². The summed E-state index contributed by atoms with van der Waals surface area (Å²) in [5.41, 5.74) is 1.10. The summed E-state index contributed by atoms with van der Waals surface area (Å²) in [4.78, 5) is 18.2. The number of hydrogen-bond acceptors (Lipinski definition) is 3. The van der Waals surface area contributed by atoms with Crippen LogP contribution in [0.5, 0.6) is 0 Å². The Labute approximate surface area is 125 Å². The number of carbonyl (C=O) groups is 1. The molecule has 20 heavy (non-hydrogen) atoms. The van der Waals surface area contributed by atoms with E-state index in [1.807, 2.05) is 22.7 Å². The standard InChI is InChI=1S/C16H22N2OS/c1-13-8-11-18(14-6-2-3-7-15(14)20-13)16(19)12-17-9-4-5-10-17/h2-3,6-7,13H,4-5,8-12H2,1H3/t13-/m0/s1. The van der Waals surface area contributed by atoms with E-state index in [0.717, 1.165) is 31.7 Å². The van der Waals surface area contributed by atoms with E-state index in [4.69, 9.17) is 0 Å². The zero-order chi connectivity index (χ0) is 13.9. The average Bonchev–Trinajstić information content (AvgIpc) is 2.87. The lowest BCUT2D eigenvalue weighted by Gasteiger charge is -2.25. The maximum Gasteiger partial charge on any atom is 0.241 e. The summed E-state index contributed by atoms with van der Waals surface area (Å²) in [6.07, 6.45) is 3.53. The molecule has 1 aromatic rings. The molecule has 3 rings (SSSR count). The monoisotopic (exact) mass is 290 g/mol. The molecule has 1 amide bonds. The summed E-state index contributed by atoms with van der Waals surface area (Å²) in [7, 11) is 0. The second kappa shape index (κ2) is 6.19. The Morgan fingerprint density at radius 1 is 1.25 bits per heavy atom. The molecule has 0 N–H and O–H groups in total. The van der Waals surface area contributed by atoms with Crippen LogP contribution in [0, 0.1) is 0 Å². The maximum atomic E-state index is 12.7. The Balaban J connectivity index is 1.79. The van der Waals surface area contributed by atoms with Crippen LogP contribution in [-0.4, -0.2) is 42.2 Å². The molecule has 2 aliphatic heterocycles. The van der Waals surface area contributed by atoms with Gasteiger partial charge in [-0.3, -0.25) is 9.69 Å². The Morgan fingerprint density at radius 3 is 2.80 bits per heavy atom. The van der Waals surface area contributed by atoms with E-state index in [-0.39, 0.29) is 5.91 Å². The van der Waals surface area contributed by atoms with E-state index >= 15 is 0 Å². The van der Waals surface area contributed by atoms with Crippen molar-refractivity contribution >= 4 is 23.4 Å². The Hall–Kier alpha value is -1.00. The third kappa shape index (κ3) is 3.01. The number of hydrogen-bond donors (Lipinski definition) is 0. The number of para-hydroxylation sites is 1. The highest BCUT2D eigenvalue weighted by Gasteiger charge is 2.25. The van der Waals surface area contributed by atoms with Crippen molar-refractivity contribution in [3.05, 3.63) is 24.3 Å². The molecule has 2 aliphatic rings. The molecular formula is C16H22N2OS. The van der Waals surface area contributed by atoms with Crippen molar-refractivity contribution < 1.29 is 4.79 Å². The molecule has 0 saturated carbocycles. The molecule has 2 heterocycles. The second-order valence-corrected chi connectivity index (χ2v) is 7.19. The van der Waals surface area contributed by atoms with Crippen LogP contribution in [0.1, 0.15) is 26.2 Å². The molecule has 0 radical (unpaired) electrons. The van der Waals surface area contributed by atoms with Gasteiger partial charge in [0.05, 0.1) is 12.2 Å². The zero-order valence-corrected chi connectivity index (χ0v) is 12.9. The van der Waals surface area contributed by atoms with Gasteiger partial charge in [-0.05, 0) is 44.5 Å². The third-order valence-electron chi connectivity index (χ3n) is 4.10. The number of anilines is 1. The lowest BCUT2D eigenvalue weighted by atomic mass is 10.2. The van der Waals surface area contributed by atoms with Crippen LogP contribution in [0.4, 0.5) is 5.69 Å². The largest absolute Gasteiger partial charge is 0.310 e. The Morgan fingerprint density at radius 2 is 2.00 bits per heavy atom. The summed E-state index contributed by atoms with van der Waals surface area (Å²) in [5, 5.41) is 0.570. The van der Waals surface area contributed by atoms with Gasteiger partial charge in [-0.15, -0.1) is 11.8 Å². The van der Waals surface area contributed by atoms with Gasteiger partial charge in [0.25, 0.3) is 0 Å². The molecule has 0 spiro atoms. The van der Waals surface area contributed by atoms with Gasteiger partial charge in [-0.2, -0.15) is 0 Å². The van der Waals surface area contributed by atoms with E-state index in [1.54, 1.807) is 0 Å². The molecule has 1 saturated heterocycles. The number of likely N-dealkylation sites (tertiary alicyclic amines) is 1. The molecule has 4 heteroatoms. The number of fused-ring (bicyclic) bond motifs is 1. The summed E-state index contributed by atoms with van der Waals surface area (Å²) in [5.74, 6) is 0.258. The Kier molecular flexibility index (Phi) is 4.32. The van der Waals surface area contributed by atoms with Gasteiger partial charge in [-0.25, -0.2) is 0 Å². The molecule has 0 bridgehead atoms. The number of benzene rings is 1. The molecule has 1 fully saturated rings. The minimum atomic E-state index is 0.258. The molecule has 108 valence electrons. The van der Waals surface area contributed by atoms with Gasteiger partial charge in [0, 0.05) is 16.7 Å². The van der Waals surface area contributed by atoms with E-state index in [0.29, 0.717) is 11.8 Å². The highest BCUT2D eigenvalue weighted by Crippen LogP contribution is 2.37. The highest BCUT2D eigenvalue weighted by atomic mass is 32.2. The lowest BCUT2D eigenvalue weighted by Crippen LogP contribution is -2.40. The van der Waals surface area contributed by atoms with E-state index in [1.165, 1.54) is 17.7 Å². The van der Waals surface area contributed by atoms with Gasteiger partial charge in [0.2, 0.25) is 5.91 Å². The summed E-state index contributed by atoms with van der Waals surface area (Å²) >= 11 is 1.89. The molecular weight excluding hydrogens is 268 g/mol. The third-order valence-corrected chi connectivity index (χ3v) is 5.34. The van der Waals surface area contributed by atoms with Gasteiger partial charge in [0.15, 0.2) is 0 Å². The van der Waals surface area contributed by atoms with E-state index < -0.39 is 0 Å². The fourth-order valence-corrected chi connectivity index (χ4v) is 4.08. The van der Waals surface area contributed by atoms with Gasteiger partial charge >= 0.3 is 0 Å². The number of carbonyl (C=O) groups excluding carboxylic acids is 1. The predicted molar refractivity (Wildman–Crippen MR) is 84.4 cm³/mol. The van der Waals surface area contributed by atoms with Crippen molar-refractivity contribution in [1.29, 1.82) is 0 Å². The predicted octanol–water partition coefficient (Wildman–Crippen LogP) is 3.00. The van der Waals surface area contributed by atoms with Crippen LogP contribution in [-0.2, 0) is 4.79 Å². The van der Waals surface area contributed by atoms with Crippen LogP contribution in [0.15, 0.2) is 29.2 Å². The minimum absolute atomic E-state index is 0.258. The van der Waals surface area contributed by atoms with Crippen molar-refractivity contribution in [2.75, 3.05) is 31.1 Å². The van der Waals surface area contributed by atoms with Crippen molar-refractivity contribution in [3.63, 3.8) is 0 Å². The normalized spacial score (nSPS) is 23.4. The quantitative estimate of drug-likeness (QED) is 0.836. The molecule has 1 atom stereocenters. The second-order valence-electron chi connectivity index (χ2n) is 5.71. The topological polar surface area (TPSA) is 23.6 Å². The number of nitrogens with zero attached hydrogens (tertiary/aromatic N) is 2. The van der Waals surface area contributed by atoms with Crippen molar-refractivity contribution in [1.82, 2.24) is 4.90 Å².